The quantitative estimate of drug-likeness (QED) is 0.671. The number of rotatable bonds is 3. The molecule has 18 heavy (non-hydrogen) atoms. The second kappa shape index (κ2) is 4.90. The van der Waals surface area contributed by atoms with E-state index in [1.165, 1.54) is 0 Å². The second-order valence-electron chi connectivity index (χ2n) is 3.14. The van der Waals surface area contributed by atoms with E-state index in [0.29, 0.717) is 0 Å². The zero-order valence-corrected chi connectivity index (χ0v) is 8.95. The fourth-order valence-electron chi connectivity index (χ4n) is 1.18. The Morgan fingerprint density at radius 2 is 2.06 bits per heavy atom. The molecule has 0 saturated carbocycles. The van der Waals surface area contributed by atoms with Crippen LogP contribution in [0, 0.1) is 10.1 Å². The van der Waals surface area contributed by atoms with Crippen molar-refractivity contribution >= 4 is 17.3 Å². The molecule has 0 saturated heterocycles. The van der Waals surface area contributed by atoms with Crippen LogP contribution in [-0.4, -0.2) is 17.2 Å². The Morgan fingerprint density at radius 1 is 1.44 bits per heavy atom. The Bertz CT molecular complexity index is 487. The standard InChI is InChI=1S/C9H7F3N2O4/c1-5(15)13-8-6(14(16)17)3-2-4-7(8)18-9(10,11)12/h2-4H,1H3,(H,13,15). The Kier molecular flexibility index (Phi) is 3.74. The number of carbonyl (C=O) groups is 1. The lowest BCUT2D eigenvalue weighted by molar-refractivity contribution is -0.384. The predicted molar refractivity (Wildman–Crippen MR) is 54.1 cm³/mol. The second-order valence-corrected chi connectivity index (χ2v) is 3.14. The van der Waals surface area contributed by atoms with E-state index >= 15 is 0 Å². The summed E-state index contributed by atoms with van der Waals surface area (Å²) in [6.45, 7) is 1.01. The number of hydrogen-bond acceptors (Lipinski definition) is 4. The Morgan fingerprint density at radius 3 is 2.50 bits per heavy atom. The molecule has 0 unspecified atom stereocenters. The summed E-state index contributed by atoms with van der Waals surface area (Å²) in [5.41, 5.74) is -1.32. The normalized spacial score (nSPS) is 10.9. The first kappa shape index (κ1) is 13.7. The summed E-state index contributed by atoms with van der Waals surface area (Å²) in [4.78, 5) is 20.6. The maximum absolute atomic E-state index is 12.1. The predicted octanol–water partition coefficient (Wildman–Crippen LogP) is 2.45. The molecule has 0 spiro atoms. The third kappa shape index (κ3) is 3.61. The van der Waals surface area contributed by atoms with E-state index in [0.717, 1.165) is 25.1 Å². The zero-order valence-electron chi connectivity index (χ0n) is 8.95. The minimum atomic E-state index is -5.01. The molecular weight excluding hydrogens is 257 g/mol. The number of halogens is 3. The van der Waals surface area contributed by atoms with Gasteiger partial charge in [0.05, 0.1) is 4.92 Å². The summed E-state index contributed by atoms with van der Waals surface area (Å²) in [5.74, 6) is -1.59. The number of anilines is 1. The van der Waals surface area contributed by atoms with Crippen molar-refractivity contribution in [1.29, 1.82) is 0 Å². The average molecular weight is 264 g/mol. The van der Waals surface area contributed by atoms with Gasteiger partial charge in [0.1, 0.15) is 0 Å². The molecule has 98 valence electrons. The first-order valence-corrected chi connectivity index (χ1v) is 4.51. The van der Waals surface area contributed by atoms with E-state index < -0.39 is 34.3 Å². The minimum Gasteiger partial charge on any atom is -0.403 e. The summed E-state index contributed by atoms with van der Waals surface area (Å²) < 4.78 is 39.9. The van der Waals surface area contributed by atoms with Crippen molar-refractivity contribution < 1.29 is 27.6 Å². The van der Waals surface area contributed by atoms with Gasteiger partial charge < -0.3 is 10.1 Å². The number of hydrogen-bond donors (Lipinski definition) is 1. The Balaban J connectivity index is 3.28. The van der Waals surface area contributed by atoms with E-state index in [1.54, 1.807) is 0 Å². The molecule has 0 aliphatic rings. The Hall–Kier alpha value is -2.32. The first-order valence-electron chi connectivity index (χ1n) is 4.51. The fourth-order valence-corrected chi connectivity index (χ4v) is 1.18. The maximum Gasteiger partial charge on any atom is 0.573 e. The van der Waals surface area contributed by atoms with Crippen LogP contribution in [-0.2, 0) is 4.79 Å². The van der Waals surface area contributed by atoms with Gasteiger partial charge in [-0.3, -0.25) is 14.9 Å². The smallest absolute Gasteiger partial charge is 0.403 e. The topological polar surface area (TPSA) is 81.5 Å². The van der Waals surface area contributed by atoms with Crippen molar-refractivity contribution in [1.82, 2.24) is 0 Å². The van der Waals surface area contributed by atoms with Crippen LogP contribution in [0.4, 0.5) is 24.5 Å². The van der Waals surface area contributed by atoms with Crippen molar-refractivity contribution in [2.45, 2.75) is 13.3 Å². The summed E-state index contributed by atoms with van der Waals surface area (Å²) in [5, 5.41) is 12.6. The monoisotopic (exact) mass is 264 g/mol. The van der Waals surface area contributed by atoms with Gasteiger partial charge in [-0.25, -0.2) is 0 Å². The molecule has 0 atom stereocenters. The molecule has 0 aliphatic carbocycles. The number of benzene rings is 1. The van der Waals surface area contributed by atoms with Gasteiger partial charge in [-0.2, -0.15) is 0 Å². The number of nitrogens with zero attached hydrogens (tertiary/aromatic N) is 1. The molecule has 0 aliphatic heterocycles. The van der Waals surface area contributed by atoms with E-state index in [-0.39, 0.29) is 0 Å². The van der Waals surface area contributed by atoms with E-state index in [4.69, 9.17) is 0 Å². The number of ether oxygens (including phenoxy) is 1. The number of para-hydroxylation sites is 1. The average Bonchev–Trinajstić information content (AvgIpc) is 2.17. The largest absolute Gasteiger partial charge is 0.573 e. The molecule has 1 aromatic rings. The van der Waals surface area contributed by atoms with Crippen molar-refractivity contribution in [3.63, 3.8) is 0 Å². The number of nitrogens with one attached hydrogen (secondary N) is 1. The van der Waals surface area contributed by atoms with Crippen molar-refractivity contribution in [3.8, 4) is 5.75 Å². The summed E-state index contributed by atoms with van der Waals surface area (Å²) in [7, 11) is 0. The highest BCUT2D eigenvalue weighted by Crippen LogP contribution is 2.37. The first-order chi connectivity index (χ1) is 8.20. The number of nitro groups is 1. The van der Waals surface area contributed by atoms with E-state index in [2.05, 4.69) is 4.74 Å². The highest BCUT2D eigenvalue weighted by Gasteiger charge is 2.34. The lowest BCUT2D eigenvalue weighted by Crippen LogP contribution is -2.19. The lowest BCUT2D eigenvalue weighted by Gasteiger charge is -2.13. The van der Waals surface area contributed by atoms with Crippen LogP contribution in [0.25, 0.3) is 0 Å². The van der Waals surface area contributed by atoms with Crippen molar-refractivity contribution in [2.24, 2.45) is 0 Å². The van der Waals surface area contributed by atoms with Crippen LogP contribution in [0.15, 0.2) is 18.2 Å². The third-order valence-corrected chi connectivity index (χ3v) is 1.73. The highest BCUT2D eigenvalue weighted by atomic mass is 19.4. The van der Waals surface area contributed by atoms with Crippen LogP contribution in [0.5, 0.6) is 5.75 Å². The van der Waals surface area contributed by atoms with Gasteiger partial charge in [0, 0.05) is 13.0 Å². The van der Waals surface area contributed by atoms with Crippen LogP contribution in [0.1, 0.15) is 6.92 Å². The molecule has 0 bridgehead atoms. The number of alkyl halides is 3. The van der Waals surface area contributed by atoms with Gasteiger partial charge >= 0.3 is 6.36 Å². The molecule has 9 heteroatoms. The van der Waals surface area contributed by atoms with Gasteiger partial charge in [0.25, 0.3) is 5.69 Å². The molecule has 0 radical (unpaired) electrons. The van der Waals surface area contributed by atoms with Crippen molar-refractivity contribution in [3.05, 3.63) is 28.3 Å². The summed E-state index contributed by atoms with van der Waals surface area (Å²) >= 11 is 0. The molecule has 0 fully saturated rings. The number of nitro benzene ring substituents is 1. The van der Waals surface area contributed by atoms with Gasteiger partial charge in [-0.05, 0) is 6.07 Å². The van der Waals surface area contributed by atoms with E-state index in [1.807, 2.05) is 5.32 Å². The van der Waals surface area contributed by atoms with Crippen molar-refractivity contribution in [2.75, 3.05) is 5.32 Å². The zero-order chi connectivity index (χ0) is 13.9. The van der Waals surface area contributed by atoms with E-state index in [9.17, 15) is 28.1 Å². The van der Waals surface area contributed by atoms with Crippen LogP contribution in [0.2, 0.25) is 0 Å². The van der Waals surface area contributed by atoms with Crippen LogP contribution >= 0.6 is 0 Å². The Labute approximate surface area is 98.5 Å². The molecule has 0 aromatic heterocycles. The minimum absolute atomic E-state index is 0.632. The lowest BCUT2D eigenvalue weighted by atomic mass is 10.2. The van der Waals surface area contributed by atoms with Crippen LogP contribution in [0.3, 0.4) is 0 Å². The molecule has 1 N–H and O–H groups in total. The number of carbonyl (C=O) groups excluding carboxylic acids is 1. The molecule has 0 heterocycles. The molecule has 6 nitrogen and oxygen atoms in total. The third-order valence-electron chi connectivity index (χ3n) is 1.73. The number of amides is 1. The molecular formula is C9H7F3N2O4. The summed E-state index contributed by atoms with van der Waals surface area (Å²) in [6, 6.07) is 2.84. The van der Waals surface area contributed by atoms with Gasteiger partial charge in [0.15, 0.2) is 11.4 Å². The van der Waals surface area contributed by atoms with Gasteiger partial charge in [0.2, 0.25) is 5.91 Å². The fraction of sp³-hybridized carbons (Fsp3) is 0.222. The highest BCUT2D eigenvalue weighted by molar-refractivity contribution is 5.93. The maximum atomic E-state index is 12.1. The molecule has 1 amide bonds. The summed E-state index contributed by atoms with van der Waals surface area (Å²) in [6.07, 6.45) is -5.01. The van der Waals surface area contributed by atoms with Gasteiger partial charge in [-0.15, -0.1) is 13.2 Å². The van der Waals surface area contributed by atoms with Crippen LogP contribution < -0.4 is 10.1 Å². The molecule has 1 aromatic carbocycles. The SMILES string of the molecule is CC(=O)Nc1c(OC(F)(F)F)cccc1[N+](=O)[O-]. The molecule has 1 rings (SSSR count). The van der Waals surface area contributed by atoms with Gasteiger partial charge in [-0.1, -0.05) is 6.07 Å².